The molecule has 3 nitrogen and oxygen atoms in total. The summed E-state index contributed by atoms with van der Waals surface area (Å²) in [5.74, 6) is 0.462. The normalized spacial score (nSPS) is 13.3. The maximum atomic E-state index is 12.0. The van der Waals surface area contributed by atoms with Gasteiger partial charge in [0.25, 0.3) is 0 Å². The van der Waals surface area contributed by atoms with Gasteiger partial charge in [0.15, 0.2) is 0 Å². The van der Waals surface area contributed by atoms with Gasteiger partial charge in [-0.1, -0.05) is 58.9 Å². The number of aliphatic hydroxyl groups is 1. The Hall–Kier alpha value is -1.35. The van der Waals surface area contributed by atoms with Crippen LogP contribution in [-0.4, -0.2) is 17.6 Å². The molecule has 0 bridgehead atoms. The lowest BCUT2D eigenvalue weighted by atomic mass is 9.89. The number of aliphatic hydroxyl groups excluding tert-OH is 1. The first-order chi connectivity index (χ1) is 9.27. The fourth-order valence-electron chi connectivity index (χ4n) is 1.81. The van der Waals surface area contributed by atoms with Gasteiger partial charge in [-0.05, 0) is 23.5 Å². The summed E-state index contributed by atoms with van der Waals surface area (Å²) in [7, 11) is 0. The molecule has 3 heteroatoms. The van der Waals surface area contributed by atoms with E-state index in [4.69, 9.17) is 0 Å². The van der Waals surface area contributed by atoms with Crippen molar-refractivity contribution in [3.05, 3.63) is 35.4 Å². The average molecular weight is 277 g/mol. The largest absolute Gasteiger partial charge is 0.387 e. The number of benzene rings is 1. The van der Waals surface area contributed by atoms with Gasteiger partial charge in [0.2, 0.25) is 5.91 Å². The Labute approximate surface area is 122 Å². The van der Waals surface area contributed by atoms with Crippen LogP contribution in [0.25, 0.3) is 0 Å². The molecule has 0 aliphatic rings. The number of nitrogens with one attached hydrogen (secondary N) is 1. The van der Waals surface area contributed by atoms with Crippen LogP contribution in [0.1, 0.15) is 64.2 Å². The van der Waals surface area contributed by atoms with E-state index in [0.29, 0.717) is 5.92 Å². The van der Waals surface area contributed by atoms with Crippen molar-refractivity contribution in [3.63, 3.8) is 0 Å². The van der Waals surface area contributed by atoms with Crippen LogP contribution in [0.3, 0.4) is 0 Å². The first-order valence-electron chi connectivity index (χ1n) is 7.34. The molecule has 0 aromatic heterocycles. The molecule has 1 aromatic carbocycles. The Morgan fingerprint density at radius 1 is 1.20 bits per heavy atom. The molecule has 1 unspecified atom stereocenters. The van der Waals surface area contributed by atoms with Crippen molar-refractivity contribution in [2.24, 2.45) is 5.41 Å². The van der Waals surface area contributed by atoms with E-state index in [0.717, 1.165) is 12.0 Å². The zero-order valence-corrected chi connectivity index (χ0v) is 13.2. The summed E-state index contributed by atoms with van der Waals surface area (Å²) >= 11 is 0. The van der Waals surface area contributed by atoms with E-state index in [1.807, 2.05) is 45.0 Å². The van der Waals surface area contributed by atoms with Crippen molar-refractivity contribution < 1.29 is 9.90 Å². The van der Waals surface area contributed by atoms with Crippen molar-refractivity contribution in [1.82, 2.24) is 5.32 Å². The molecule has 2 N–H and O–H groups in total. The highest BCUT2D eigenvalue weighted by Crippen LogP contribution is 2.21. The number of hydrogen-bond acceptors (Lipinski definition) is 2. The van der Waals surface area contributed by atoms with Crippen LogP contribution in [-0.2, 0) is 4.79 Å². The molecule has 1 rings (SSSR count). The molecule has 0 spiro atoms. The quantitative estimate of drug-likeness (QED) is 0.837. The monoisotopic (exact) mass is 277 g/mol. The Bertz CT molecular complexity index is 435. The third-order valence-electron chi connectivity index (χ3n) is 3.94. The van der Waals surface area contributed by atoms with Crippen LogP contribution in [0.15, 0.2) is 24.3 Å². The molecule has 20 heavy (non-hydrogen) atoms. The van der Waals surface area contributed by atoms with Crippen molar-refractivity contribution >= 4 is 5.91 Å². The summed E-state index contributed by atoms with van der Waals surface area (Å²) in [6, 6.07) is 7.91. The van der Waals surface area contributed by atoms with Gasteiger partial charge in [0.05, 0.1) is 6.10 Å². The van der Waals surface area contributed by atoms with E-state index < -0.39 is 6.10 Å². The van der Waals surface area contributed by atoms with E-state index in [-0.39, 0.29) is 17.9 Å². The van der Waals surface area contributed by atoms with E-state index in [2.05, 4.69) is 19.2 Å². The minimum Gasteiger partial charge on any atom is -0.387 e. The fourth-order valence-corrected chi connectivity index (χ4v) is 1.81. The summed E-state index contributed by atoms with van der Waals surface area (Å²) in [5.41, 5.74) is 1.70. The van der Waals surface area contributed by atoms with E-state index in [9.17, 15) is 9.90 Å². The van der Waals surface area contributed by atoms with Crippen molar-refractivity contribution in [3.8, 4) is 0 Å². The number of carbonyl (C=O) groups is 1. The lowest BCUT2D eigenvalue weighted by Crippen LogP contribution is -2.38. The number of hydrogen-bond donors (Lipinski definition) is 2. The van der Waals surface area contributed by atoms with Crippen LogP contribution >= 0.6 is 0 Å². The van der Waals surface area contributed by atoms with Gasteiger partial charge >= 0.3 is 0 Å². The third kappa shape index (κ3) is 4.34. The minimum absolute atomic E-state index is 0.0159. The summed E-state index contributed by atoms with van der Waals surface area (Å²) in [6.45, 7) is 10.3. The van der Waals surface area contributed by atoms with Crippen molar-refractivity contribution in [2.45, 2.75) is 53.1 Å². The van der Waals surface area contributed by atoms with Crippen LogP contribution in [0, 0.1) is 5.41 Å². The highest BCUT2D eigenvalue weighted by molar-refractivity contribution is 5.81. The Morgan fingerprint density at radius 3 is 2.15 bits per heavy atom. The molecule has 0 heterocycles. The maximum Gasteiger partial charge on any atom is 0.225 e. The number of carbonyl (C=O) groups excluding carboxylic acids is 1. The van der Waals surface area contributed by atoms with Gasteiger partial charge in [0, 0.05) is 12.0 Å². The van der Waals surface area contributed by atoms with Crippen LogP contribution in [0.4, 0.5) is 0 Å². The molecule has 0 aliphatic heterocycles. The lowest BCUT2D eigenvalue weighted by Gasteiger charge is -2.22. The standard InChI is InChI=1S/C17H27NO2/c1-6-17(4,5)16(20)18-11-15(19)14-9-7-13(8-10-14)12(2)3/h7-10,12,15,19H,6,11H2,1-5H3,(H,18,20). The molecular formula is C17H27NO2. The Balaban J connectivity index is 2.59. The minimum atomic E-state index is -0.659. The highest BCUT2D eigenvalue weighted by Gasteiger charge is 2.25. The highest BCUT2D eigenvalue weighted by atomic mass is 16.3. The molecular weight excluding hydrogens is 250 g/mol. The number of amides is 1. The van der Waals surface area contributed by atoms with Crippen LogP contribution in [0.2, 0.25) is 0 Å². The molecule has 0 aliphatic carbocycles. The topological polar surface area (TPSA) is 49.3 Å². The summed E-state index contributed by atoms with van der Waals surface area (Å²) in [6.07, 6.45) is 0.116. The lowest BCUT2D eigenvalue weighted by molar-refractivity contribution is -0.130. The summed E-state index contributed by atoms with van der Waals surface area (Å²) < 4.78 is 0. The fraction of sp³-hybridized carbons (Fsp3) is 0.588. The SMILES string of the molecule is CCC(C)(C)C(=O)NCC(O)c1ccc(C(C)C)cc1. The maximum absolute atomic E-state index is 12.0. The van der Waals surface area contributed by atoms with Crippen molar-refractivity contribution in [2.75, 3.05) is 6.54 Å². The van der Waals surface area contributed by atoms with Gasteiger partial charge in [0.1, 0.15) is 0 Å². The van der Waals surface area contributed by atoms with Gasteiger partial charge in [-0.2, -0.15) is 0 Å². The zero-order chi connectivity index (χ0) is 15.3. The second-order valence-electron chi connectivity index (χ2n) is 6.28. The van der Waals surface area contributed by atoms with E-state index in [1.54, 1.807) is 0 Å². The van der Waals surface area contributed by atoms with Crippen LogP contribution < -0.4 is 5.32 Å². The second-order valence-corrected chi connectivity index (χ2v) is 6.28. The Kier molecular flexibility index (Phi) is 5.75. The Morgan fingerprint density at radius 2 is 1.70 bits per heavy atom. The molecule has 1 aromatic rings. The predicted octanol–water partition coefficient (Wildman–Crippen LogP) is 3.40. The van der Waals surface area contributed by atoms with Crippen molar-refractivity contribution in [1.29, 1.82) is 0 Å². The summed E-state index contributed by atoms with van der Waals surface area (Å²) in [5, 5.41) is 12.9. The molecule has 1 amide bonds. The third-order valence-corrected chi connectivity index (χ3v) is 3.94. The molecule has 0 saturated carbocycles. The van der Waals surface area contributed by atoms with E-state index >= 15 is 0 Å². The average Bonchev–Trinajstić information content (AvgIpc) is 2.44. The van der Waals surface area contributed by atoms with Gasteiger partial charge < -0.3 is 10.4 Å². The smallest absolute Gasteiger partial charge is 0.225 e. The van der Waals surface area contributed by atoms with Gasteiger partial charge in [-0.25, -0.2) is 0 Å². The molecule has 0 saturated heterocycles. The second kappa shape index (κ2) is 6.89. The van der Waals surface area contributed by atoms with E-state index in [1.165, 1.54) is 5.56 Å². The predicted molar refractivity (Wildman–Crippen MR) is 82.6 cm³/mol. The zero-order valence-electron chi connectivity index (χ0n) is 13.2. The molecule has 1 atom stereocenters. The number of rotatable bonds is 6. The molecule has 0 fully saturated rings. The molecule has 112 valence electrons. The van der Waals surface area contributed by atoms with Crippen LogP contribution in [0.5, 0.6) is 0 Å². The summed E-state index contributed by atoms with van der Waals surface area (Å²) in [4.78, 5) is 12.0. The molecule has 0 radical (unpaired) electrons. The van der Waals surface area contributed by atoms with Gasteiger partial charge in [-0.3, -0.25) is 4.79 Å². The first-order valence-corrected chi connectivity index (χ1v) is 7.34. The van der Waals surface area contributed by atoms with Gasteiger partial charge in [-0.15, -0.1) is 0 Å². The first kappa shape index (κ1) is 16.7.